The molecule has 1 heterocycles. The van der Waals surface area contributed by atoms with E-state index in [1.54, 1.807) is 0 Å². The predicted octanol–water partition coefficient (Wildman–Crippen LogP) is 1.81. The van der Waals surface area contributed by atoms with Gasteiger partial charge in [0.15, 0.2) is 0 Å². The van der Waals surface area contributed by atoms with Crippen molar-refractivity contribution in [2.24, 2.45) is 0 Å². The summed E-state index contributed by atoms with van der Waals surface area (Å²) in [6.07, 6.45) is 1.15. The Labute approximate surface area is 80.1 Å². The first-order valence-corrected chi connectivity index (χ1v) is 14.0. The molecule has 0 aliphatic heterocycles. The zero-order chi connectivity index (χ0) is 9.35. The predicted molar refractivity (Wildman–Crippen MR) is 50.0 cm³/mol. The second kappa shape index (κ2) is 3.46. The topological polar surface area (TPSA) is 25.8 Å². The van der Waals surface area contributed by atoms with Crippen molar-refractivity contribution in [3.63, 3.8) is 0 Å². The van der Waals surface area contributed by atoms with E-state index in [9.17, 15) is 4.39 Å². The molecule has 1 rings (SSSR count). The summed E-state index contributed by atoms with van der Waals surface area (Å²) in [5.74, 6) is -0.317. The second-order valence-electron chi connectivity index (χ2n) is 3.59. The van der Waals surface area contributed by atoms with Gasteiger partial charge in [-0.25, -0.2) is 0 Å². The van der Waals surface area contributed by atoms with Gasteiger partial charge in [0.25, 0.3) is 0 Å². The summed E-state index contributed by atoms with van der Waals surface area (Å²) in [7, 11) is 0. The van der Waals surface area contributed by atoms with Crippen LogP contribution in [0.25, 0.3) is 0 Å². The van der Waals surface area contributed by atoms with Crippen LogP contribution in [0.2, 0.25) is 20.1 Å². The van der Waals surface area contributed by atoms with Crippen LogP contribution in [0.1, 0.15) is 0 Å². The van der Waals surface area contributed by atoms with Gasteiger partial charge >= 0.3 is 80.2 Å². The van der Waals surface area contributed by atoms with E-state index in [1.807, 2.05) is 0 Å². The van der Waals surface area contributed by atoms with E-state index in [-0.39, 0.29) is 11.1 Å². The fourth-order valence-corrected chi connectivity index (χ4v) is 4.70. The minimum atomic E-state index is -2.43. The Hall–Kier alpha value is 0.0987. The maximum absolute atomic E-state index is 13.1. The fourth-order valence-electron chi connectivity index (χ4n) is 0.872. The first-order valence-electron chi connectivity index (χ1n) is 3.60. The molecule has 1 aromatic heterocycles. The van der Waals surface area contributed by atoms with E-state index in [0.717, 1.165) is 6.20 Å². The van der Waals surface area contributed by atoms with Crippen LogP contribution in [0, 0.1) is 5.82 Å². The number of halogens is 2. The molecule has 0 saturated carbocycles. The Balaban J connectivity index is 3.23. The molecule has 0 saturated heterocycles. The average Bonchev–Trinajstić information content (AvgIpc) is 1.92. The van der Waals surface area contributed by atoms with Gasteiger partial charge < -0.3 is 0 Å². The van der Waals surface area contributed by atoms with Gasteiger partial charge in [0, 0.05) is 0 Å². The molecule has 0 spiro atoms. The molecule has 0 bridgehead atoms. The number of rotatable bonds is 1. The fraction of sp³-hybridized carbons (Fsp3) is 0.429. The minimum absolute atomic E-state index is 0.137. The van der Waals surface area contributed by atoms with Crippen LogP contribution >= 0.6 is 11.6 Å². The van der Waals surface area contributed by atoms with Crippen molar-refractivity contribution >= 4 is 33.7 Å². The third kappa shape index (κ3) is 2.29. The van der Waals surface area contributed by atoms with Gasteiger partial charge in [-0.2, -0.15) is 0 Å². The van der Waals surface area contributed by atoms with Gasteiger partial charge in [0.05, 0.1) is 0 Å². The number of hydrogen-bond donors (Lipinski definition) is 0. The zero-order valence-corrected chi connectivity index (χ0v) is 10.8. The summed E-state index contributed by atoms with van der Waals surface area (Å²) >= 11 is 3.14. The summed E-state index contributed by atoms with van der Waals surface area (Å²) in [5.41, 5.74) is 0. The molecule has 0 radical (unpaired) electrons. The van der Waals surface area contributed by atoms with Crippen molar-refractivity contribution in [2.45, 2.75) is 14.8 Å². The molecule has 12 heavy (non-hydrogen) atoms. The number of aromatic nitrogens is 2. The Kier molecular flexibility index (Phi) is 2.93. The standard InChI is InChI=1S/C4HClFN2.3CH3.Sn/c5-4-7-1-3(6)2-8-4;;;;/h1H;3*1H3;. The monoisotopic (exact) mass is 296 g/mol. The Morgan fingerprint density at radius 1 is 1.42 bits per heavy atom. The van der Waals surface area contributed by atoms with Gasteiger partial charge in [-0.1, -0.05) is 0 Å². The van der Waals surface area contributed by atoms with E-state index < -0.39 is 18.4 Å². The Morgan fingerprint density at radius 3 is 2.42 bits per heavy atom. The molecule has 0 N–H and O–H groups in total. The van der Waals surface area contributed by atoms with Crippen molar-refractivity contribution in [3.05, 3.63) is 17.3 Å². The van der Waals surface area contributed by atoms with Crippen molar-refractivity contribution in [2.75, 3.05) is 0 Å². The van der Waals surface area contributed by atoms with E-state index >= 15 is 0 Å². The normalized spacial score (nSPS) is 11.8. The molecule has 5 heteroatoms. The number of hydrogen-bond acceptors (Lipinski definition) is 2. The molecule has 66 valence electrons. The van der Waals surface area contributed by atoms with Gasteiger partial charge in [-0.3, -0.25) is 0 Å². The molecule has 0 unspecified atom stereocenters. The first kappa shape index (κ1) is 10.2. The van der Waals surface area contributed by atoms with Crippen LogP contribution < -0.4 is 3.71 Å². The molecular weight excluding hydrogens is 285 g/mol. The van der Waals surface area contributed by atoms with Crippen LogP contribution in [0.4, 0.5) is 4.39 Å². The van der Waals surface area contributed by atoms with E-state index in [4.69, 9.17) is 11.6 Å². The second-order valence-corrected chi connectivity index (χ2v) is 18.1. The molecule has 1 aromatic rings. The molecule has 0 aromatic carbocycles. The first-order chi connectivity index (χ1) is 5.41. The Morgan fingerprint density at radius 2 is 2.00 bits per heavy atom. The third-order valence-corrected chi connectivity index (χ3v) is 6.66. The van der Waals surface area contributed by atoms with Crippen LogP contribution in [0.15, 0.2) is 6.20 Å². The van der Waals surface area contributed by atoms with E-state index in [0.29, 0.717) is 3.71 Å². The number of nitrogens with zero attached hydrogens (tertiary/aromatic N) is 2. The molecule has 2 nitrogen and oxygen atoms in total. The molecule has 0 atom stereocenters. The summed E-state index contributed by atoms with van der Waals surface area (Å²) in [4.78, 5) is 13.7. The van der Waals surface area contributed by atoms with Crippen molar-refractivity contribution in [1.29, 1.82) is 0 Å². The van der Waals surface area contributed by atoms with E-state index in [1.165, 1.54) is 0 Å². The third-order valence-electron chi connectivity index (χ3n) is 1.43. The van der Waals surface area contributed by atoms with Crippen molar-refractivity contribution < 1.29 is 4.39 Å². The van der Waals surface area contributed by atoms with Gasteiger partial charge in [-0.15, -0.1) is 0 Å². The molecule has 0 fully saturated rings. The van der Waals surface area contributed by atoms with Crippen LogP contribution in [-0.2, 0) is 0 Å². The summed E-state index contributed by atoms with van der Waals surface area (Å²) < 4.78 is 13.7. The molecule has 0 aliphatic rings. The zero-order valence-electron chi connectivity index (χ0n) is 7.23. The molecular formula is C7H10ClFN2Sn. The van der Waals surface area contributed by atoms with Gasteiger partial charge in [-0.05, 0) is 0 Å². The van der Waals surface area contributed by atoms with E-state index in [2.05, 4.69) is 24.8 Å². The summed E-state index contributed by atoms with van der Waals surface area (Å²) in [5, 5.41) is 0.137. The summed E-state index contributed by atoms with van der Waals surface area (Å²) in [6.45, 7) is 0. The van der Waals surface area contributed by atoms with Gasteiger partial charge in [0.2, 0.25) is 0 Å². The maximum atomic E-state index is 13.1. The van der Waals surface area contributed by atoms with Crippen molar-refractivity contribution in [3.8, 4) is 0 Å². The Bertz CT molecular complexity index is 298. The van der Waals surface area contributed by atoms with Gasteiger partial charge in [0.1, 0.15) is 0 Å². The molecule has 0 amide bonds. The summed E-state index contributed by atoms with van der Waals surface area (Å²) in [6, 6.07) is 0. The van der Waals surface area contributed by atoms with Crippen LogP contribution in [0.5, 0.6) is 0 Å². The SMILES string of the molecule is [CH3][Sn]([CH3])([CH3])[c]1nc(Cl)ncc1F. The average molecular weight is 295 g/mol. The molecule has 0 aliphatic carbocycles. The van der Waals surface area contributed by atoms with Crippen molar-refractivity contribution in [1.82, 2.24) is 9.97 Å². The van der Waals surface area contributed by atoms with Crippen LogP contribution in [0.3, 0.4) is 0 Å². The van der Waals surface area contributed by atoms with Crippen LogP contribution in [-0.4, -0.2) is 28.3 Å². The quantitative estimate of drug-likeness (QED) is 0.583.